The van der Waals surface area contributed by atoms with Gasteiger partial charge in [-0.25, -0.2) is 4.79 Å². The average molecular weight is 546 g/mol. The van der Waals surface area contributed by atoms with Crippen LogP contribution in [0.1, 0.15) is 38.2 Å². The zero-order valence-electron chi connectivity index (χ0n) is 22.0. The number of aromatic nitrogens is 2. The van der Waals surface area contributed by atoms with Crippen LogP contribution in [0.4, 0.5) is 0 Å². The summed E-state index contributed by atoms with van der Waals surface area (Å²) in [6, 6.07) is 1.06. The SMILES string of the molecule is CCOC1=C(OC)C=C2C(c3cc(OC)nnc3OC)=N[C@@H]3CC[C@@H](O)CC3=C2C1C(O)(CC(=O)O)C(=O)O. The fourth-order valence-electron chi connectivity index (χ4n) is 5.39. The number of fused-ring (bicyclic) bond motifs is 2. The third-order valence-electron chi connectivity index (χ3n) is 7.06. The van der Waals surface area contributed by atoms with Gasteiger partial charge in [0.15, 0.2) is 11.4 Å². The molecule has 1 aromatic heterocycles. The lowest BCUT2D eigenvalue weighted by Crippen LogP contribution is -2.52. The Morgan fingerprint density at radius 3 is 2.44 bits per heavy atom. The number of aliphatic imine (C=N–C) groups is 1. The fraction of sp³-hybridized carbons (Fsp3) is 0.500. The number of hydrogen-bond donors (Lipinski definition) is 4. The van der Waals surface area contributed by atoms with Crippen molar-refractivity contribution in [3.8, 4) is 11.8 Å². The molecule has 210 valence electrons. The average Bonchev–Trinajstić information content (AvgIpc) is 2.91. The van der Waals surface area contributed by atoms with E-state index in [9.17, 15) is 30.0 Å². The number of ether oxygens (including phenoxy) is 4. The van der Waals surface area contributed by atoms with E-state index in [1.165, 1.54) is 21.3 Å². The van der Waals surface area contributed by atoms with Crippen molar-refractivity contribution in [3.05, 3.63) is 45.9 Å². The van der Waals surface area contributed by atoms with E-state index in [0.717, 1.165) is 0 Å². The molecule has 0 aromatic carbocycles. The molecule has 1 saturated carbocycles. The summed E-state index contributed by atoms with van der Waals surface area (Å²) >= 11 is 0. The minimum atomic E-state index is -2.84. The number of nitrogens with zero attached hydrogens (tertiary/aromatic N) is 3. The van der Waals surface area contributed by atoms with Crippen molar-refractivity contribution in [2.45, 2.75) is 50.4 Å². The molecule has 4 rings (SSSR count). The van der Waals surface area contributed by atoms with Gasteiger partial charge in [0.05, 0.1) is 63.7 Å². The van der Waals surface area contributed by atoms with Gasteiger partial charge in [-0.05, 0) is 43.4 Å². The zero-order valence-corrected chi connectivity index (χ0v) is 22.0. The Hall–Kier alpha value is -3.97. The van der Waals surface area contributed by atoms with Gasteiger partial charge in [-0.2, -0.15) is 0 Å². The van der Waals surface area contributed by atoms with Gasteiger partial charge >= 0.3 is 11.9 Å². The molecular weight excluding hydrogens is 514 g/mol. The summed E-state index contributed by atoms with van der Waals surface area (Å²) in [5, 5.41) is 50.1. The second-order valence-corrected chi connectivity index (χ2v) is 9.33. The summed E-state index contributed by atoms with van der Waals surface area (Å²) in [6.45, 7) is 1.76. The van der Waals surface area contributed by atoms with E-state index in [1.807, 2.05) is 0 Å². The highest BCUT2D eigenvalue weighted by atomic mass is 16.5. The smallest absolute Gasteiger partial charge is 0.337 e. The number of hydrogen-bond acceptors (Lipinski definition) is 11. The summed E-state index contributed by atoms with van der Waals surface area (Å²) in [4.78, 5) is 29.4. The van der Waals surface area contributed by atoms with Gasteiger partial charge in [-0.3, -0.25) is 9.79 Å². The van der Waals surface area contributed by atoms with Gasteiger partial charge < -0.3 is 39.4 Å². The van der Waals surface area contributed by atoms with Crippen LogP contribution in [0.2, 0.25) is 0 Å². The van der Waals surface area contributed by atoms with Crippen molar-refractivity contribution < 1.29 is 49.0 Å². The maximum Gasteiger partial charge on any atom is 0.337 e. The van der Waals surface area contributed by atoms with Gasteiger partial charge in [-0.15, -0.1) is 10.2 Å². The Labute approximate surface area is 224 Å². The summed E-state index contributed by atoms with van der Waals surface area (Å²) in [6.07, 6.45) is 0.738. The van der Waals surface area contributed by atoms with Crippen LogP contribution in [0, 0.1) is 5.92 Å². The molecule has 2 aliphatic carbocycles. The molecule has 3 aliphatic rings. The number of methoxy groups -OCH3 is 3. The van der Waals surface area contributed by atoms with Crippen LogP contribution in [0.3, 0.4) is 0 Å². The molecule has 0 spiro atoms. The normalized spacial score (nSPS) is 24.0. The second-order valence-electron chi connectivity index (χ2n) is 9.33. The first-order valence-corrected chi connectivity index (χ1v) is 12.3. The number of aliphatic hydroxyl groups excluding tert-OH is 1. The monoisotopic (exact) mass is 545 g/mol. The molecular formula is C26H31N3O10. The van der Waals surface area contributed by atoms with E-state index in [2.05, 4.69) is 10.2 Å². The third kappa shape index (κ3) is 4.94. The van der Waals surface area contributed by atoms with Crippen molar-refractivity contribution in [2.75, 3.05) is 27.9 Å². The minimum Gasteiger partial charge on any atom is -0.494 e. The largest absolute Gasteiger partial charge is 0.494 e. The zero-order chi connectivity index (χ0) is 28.5. The minimum absolute atomic E-state index is 0.0325. The molecule has 0 amide bonds. The van der Waals surface area contributed by atoms with Gasteiger partial charge in [-0.1, -0.05) is 0 Å². The van der Waals surface area contributed by atoms with Crippen molar-refractivity contribution in [2.24, 2.45) is 10.9 Å². The number of rotatable bonds is 10. The number of carbonyl (C=O) groups is 2. The van der Waals surface area contributed by atoms with Crippen LogP contribution >= 0.6 is 0 Å². The predicted molar refractivity (Wildman–Crippen MR) is 134 cm³/mol. The lowest BCUT2D eigenvalue weighted by Gasteiger charge is -2.43. The van der Waals surface area contributed by atoms with E-state index < -0.39 is 42.0 Å². The molecule has 1 fully saturated rings. The molecule has 13 heteroatoms. The van der Waals surface area contributed by atoms with Crippen LogP contribution in [0.15, 0.2) is 45.4 Å². The van der Waals surface area contributed by atoms with E-state index in [-0.39, 0.29) is 36.3 Å². The topological polar surface area (TPSA) is 190 Å². The molecule has 13 nitrogen and oxygen atoms in total. The Kier molecular flexibility index (Phi) is 7.93. The highest BCUT2D eigenvalue weighted by Gasteiger charge is 2.55. The van der Waals surface area contributed by atoms with Gasteiger partial charge in [0, 0.05) is 11.6 Å². The van der Waals surface area contributed by atoms with Crippen LogP contribution in [-0.4, -0.2) is 94.0 Å². The standard InChI is InChI=1S/C26H31N3O10/c1-5-39-23-17(36-2)9-14-20(21(23)26(35,25(33)34)11-19(31)32)13-8-12(30)6-7-16(13)27-22(14)15-10-18(37-3)28-29-24(15)38-4/h9-10,12,16,21,30,35H,5-8,11H2,1-4H3,(H,31,32)(H,33,34)/t12-,16-,21?,26?/m1/s1. The van der Waals surface area contributed by atoms with Crippen molar-refractivity contribution in [1.29, 1.82) is 0 Å². The maximum atomic E-state index is 12.6. The Morgan fingerprint density at radius 2 is 1.85 bits per heavy atom. The summed E-state index contributed by atoms with van der Waals surface area (Å²) < 4.78 is 22.1. The maximum absolute atomic E-state index is 12.6. The van der Waals surface area contributed by atoms with Crippen LogP contribution < -0.4 is 9.47 Å². The first-order chi connectivity index (χ1) is 18.6. The molecule has 4 atom stereocenters. The quantitative estimate of drug-likeness (QED) is 0.330. The van der Waals surface area contributed by atoms with Gasteiger partial charge in [0.1, 0.15) is 5.76 Å². The van der Waals surface area contributed by atoms with Crippen LogP contribution in [0.25, 0.3) is 0 Å². The lowest BCUT2D eigenvalue weighted by atomic mass is 9.66. The second kappa shape index (κ2) is 11.0. The van der Waals surface area contributed by atoms with Crippen LogP contribution in [-0.2, 0) is 19.1 Å². The molecule has 4 N–H and O–H groups in total. The molecule has 0 saturated heterocycles. The molecule has 2 heterocycles. The number of aliphatic hydroxyl groups is 2. The number of carboxylic acids is 2. The molecule has 39 heavy (non-hydrogen) atoms. The molecule has 0 radical (unpaired) electrons. The number of dihydropyridines is 1. The highest BCUT2D eigenvalue weighted by molar-refractivity contribution is 6.18. The number of carboxylic acid groups (broad SMARTS) is 2. The molecule has 2 unspecified atom stereocenters. The number of aliphatic carboxylic acids is 2. The third-order valence-corrected chi connectivity index (χ3v) is 7.06. The summed E-state index contributed by atoms with van der Waals surface area (Å²) in [7, 11) is 4.18. The van der Waals surface area contributed by atoms with E-state index in [4.69, 9.17) is 23.9 Å². The first-order valence-electron chi connectivity index (χ1n) is 12.3. The summed E-state index contributed by atoms with van der Waals surface area (Å²) in [5.41, 5.74) is -0.895. The highest BCUT2D eigenvalue weighted by Crippen LogP contribution is 2.50. The Morgan fingerprint density at radius 1 is 1.10 bits per heavy atom. The van der Waals surface area contributed by atoms with Crippen molar-refractivity contribution in [1.82, 2.24) is 10.2 Å². The number of allylic oxidation sites excluding steroid dienone is 2. The molecule has 1 aliphatic heterocycles. The van der Waals surface area contributed by atoms with E-state index in [1.54, 1.807) is 19.1 Å². The van der Waals surface area contributed by atoms with Crippen molar-refractivity contribution in [3.63, 3.8) is 0 Å². The molecule has 0 bridgehead atoms. The van der Waals surface area contributed by atoms with Crippen LogP contribution in [0.5, 0.6) is 11.8 Å². The van der Waals surface area contributed by atoms with Gasteiger partial charge in [0.25, 0.3) is 0 Å². The van der Waals surface area contributed by atoms with E-state index in [0.29, 0.717) is 40.8 Å². The first kappa shape index (κ1) is 28.0. The van der Waals surface area contributed by atoms with E-state index >= 15 is 0 Å². The Balaban J connectivity index is 2.08. The predicted octanol–water partition coefficient (Wildman–Crippen LogP) is 1.25. The summed E-state index contributed by atoms with van der Waals surface area (Å²) in [5.74, 6) is -4.44. The van der Waals surface area contributed by atoms with Crippen molar-refractivity contribution >= 4 is 17.7 Å². The Bertz CT molecular complexity index is 1300. The molecule has 1 aromatic rings. The fourth-order valence-corrected chi connectivity index (χ4v) is 5.39. The van der Waals surface area contributed by atoms with Gasteiger partial charge in [0.2, 0.25) is 11.8 Å². The lowest BCUT2D eigenvalue weighted by molar-refractivity contribution is -0.170.